The minimum atomic E-state index is -4.64. The molecule has 58 heavy (non-hydrogen) atoms. The number of esters is 2. The number of hydrogen-bond donors (Lipinski definition) is 3. The summed E-state index contributed by atoms with van der Waals surface area (Å²) in [5.41, 5.74) is 0. The number of aliphatic hydroxyl groups excluding tert-OH is 2. The van der Waals surface area contributed by atoms with Crippen molar-refractivity contribution in [2.24, 2.45) is 0 Å². The third-order valence-electron chi connectivity index (χ3n) is 9.76. The van der Waals surface area contributed by atoms with Crippen LogP contribution in [0.3, 0.4) is 0 Å². The van der Waals surface area contributed by atoms with Gasteiger partial charge in [-0.05, 0) is 70.6 Å². The minimum Gasteiger partial charge on any atom is -0.457 e. The number of hydrogen-bond acceptors (Lipinski definition) is 9. The zero-order chi connectivity index (χ0) is 42.6. The highest BCUT2D eigenvalue weighted by atomic mass is 31.2. The van der Waals surface area contributed by atoms with Crippen molar-refractivity contribution in [3.63, 3.8) is 0 Å². The van der Waals surface area contributed by atoms with Crippen LogP contribution in [0.15, 0.2) is 48.6 Å². The lowest BCUT2D eigenvalue weighted by atomic mass is 10.1. The molecule has 0 rings (SSSR count). The summed E-state index contributed by atoms with van der Waals surface area (Å²) < 4.78 is 32.6. The second kappa shape index (κ2) is 43.0. The molecule has 0 bridgehead atoms. The number of unbranched alkanes of at least 4 members (excludes halogenated alkanes) is 21. The van der Waals surface area contributed by atoms with Gasteiger partial charge in [0.15, 0.2) is 0 Å². The van der Waals surface area contributed by atoms with Crippen LogP contribution < -0.4 is 0 Å². The van der Waals surface area contributed by atoms with E-state index in [1.165, 1.54) is 83.5 Å². The molecule has 0 aliphatic rings. The number of allylic oxidation sites excluding steroid dienone is 8. The van der Waals surface area contributed by atoms with E-state index < -0.39 is 58.4 Å². The predicted octanol–water partition coefficient (Wildman–Crippen LogP) is 12.5. The lowest BCUT2D eigenvalue weighted by molar-refractivity contribution is -0.153. The maximum atomic E-state index is 12.4. The average molecular weight is 841 g/mol. The van der Waals surface area contributed by atoms with E-state index in [0.717, 1.165) is 77.0 Å². The Morgan fingerprint density at radius 1 is 0.466 bits per heavy atom. The topological polar surface area (TPSA) is 149 Å². The molecule has 0 spiro atoms. The van der Waals surface area contributed by atoms with Crippen molar-refractivity contribution in [2.45, 2.75) is 212 Å². The van der Waals surface area contributed by atoms with E-state index in [1.54, 1.807) is 0 Å². The highest BCUT2D eigenvalue weighted by molar-refractivity contribution is 7.47. The van der Waals surface area contributed by atoms with Crippen LogP contribution in [0.1, 0.15) is 200 Å². The van der Waals surface area contributed by atoms with Gasteiger partial charge in [0.05, 0.1) is 26.4 Å². The van der Waals surface area contributed by atoms with Crippen LogP contribution in [-0.4, -0.2) is 65.7 Å². The molecule has 0 aliphatic heterocycles. The molecule has 3 N–H and O–H groups in total. The van der Waals surface area contributed by atoms with Crippen LogP contribution in [0, 0.1) is 0 Å². The maximum Gasteiger partial charge on any atom is 0.472 e. The van der Waals surface area contributed by atoms with Gasteiger partial charge in [-0.2, -0.15) is 0 Å². The Hall–Kier alpha value is -2.07. The molecule has 0 saturated carbocycles. The van der Waals surface area contributed by atoms with Crippen molar-refractivity contribution in [1.29, 1.82) is 0 Å². The number of carbonyl (C=O) groups excluding carboxylic acids is 2. The molecule has 338 valence electrons. The molecule has 0 saturated heterocycles. The Labute approximate surface area is 353 Å². The molecule has 0 radical (unpaired) electrons. The first-order valence-corrected chi connectivity index (χ1v) is 24.6. The number of carbonyl (C=O) groups is 2. The number of ether oxygens (including phenoxy) is 2. The zero-order valence-corrected chi connectivity index (χ0v) is 37.6. The Morgan fingerprint density at radius 2 is 0.776 bits per heavy atom. The molecule has 0 fully saturated rings. The molecular formula is C47H85O10P. The van der Waals surface area contributed by atoms with Gasteiger partial charge in [0.25, 0.3) is 0 Å². The van der Waals surface area contributed by atoms with Crippen LogP contribution in [0.5, 0.6) is 0 Å². The van der Waals surface area contributed by atoms with E-state index in [2.05, 4.69) is 62.5 Å². The number of phosphoric acid groups is 1. The first-order chi connectivity index (χ1) is 28.3. The van der Waals surface area contributed by atoms with E-state index in [9.17, 15) is 29.3 Å². The van der Waals surface area contributed by atoms with Crippen molar-refractivity contribution in [1.82, 2.24) is 0 Å². The summed E-state index contributed by atoms with van der Waals surface area (Å²) >= 11 is 0. The second-order valence-corrected chi connectivity index (χ2v) is 16.8. The Bertz CT molecular complexity index is 1110. The van der Waals surface area contributed by atoms with Crippen LogP contribution in [0.4, 0.5) is 0 Å². The molecule has 0 aromatic carbocycles. The molecular weight excluding hydrogens is 755 g/mol. The largest absolute Gasteiger partial charge is 0.472 e. The first kappa shape index (κ1) is 55.9. The number of rotatable bonds is 43. The van der Waals surface area contributed by atoms with E-state index >= 15 is 0 Å². The Balaban J connectivity index is 3.90. The van der Waals surface area contributed by atoms with Gasteiger partial charge in [0.1, 0.15) is 12.2 Å². The molecule has 11 heteroatoms. The third-order valence-corrected chi connectivity index (χ3v) is 10.7. The fourth-order valence-corrected chi connectivity index (χ4v) is 6.95. The van der Waals surface area contributed by atoms with Crippen LogP contribution >= 0.6 is 7.82 Å². The SMILES string of the molecule is CCCC/C=C\C/C=C\CCCCCCCC(=O)OC(CO)COP(=O)(O)OCC(CO)OC(=O)CCCCCCCCCCC/C=C\C/C=C\CCCCCCC. The molecule has 0 aromatic heterocycles. The summed E-state index contributed by atoms with van der Waals surface area (Å²) in [6.45, 7) is 2.14. The van der Waals surface area contributed by atoms with Crippen molar-refractivity contribution in [3.05, 3.63) is 48.6 Å². The monoisotopic (exact) mass is 841 g/mol. The summed E-state index contributed by atoms with van der Waals surface area (Å²) in [4.78, 5) is 34.6. The van der Waals surface area contributed by atoms with Gasteiger partial charge in [-0.3, -0.25) is 18.6 Å². The molecule has 0 aromatic rings. The molecule has 10 nitrogen and oxygen atoms in total. The zero-order valence-electron chi connectivity index (χ0n) is 36.8. The van der Waals surface area contributed by atoms with Crippen LogP contribution in [0.2, 0.25) is 0 Å². The summed E-state index contributed by atoms with van der Waals surface area (Å²) in [7, 11) is -4.64. The van der Waals surface area contributed by atoms with Crippen molar-refractivity contribution >= 4 is 19.8 Å². The smallest absolute Gasteiger partial charge is 0.457 e. The highest BCUT2D eigenvalue weighted by Crippen LogP contribution is 2.43. The molecule has 0 amide bonds. The Morgan fingerprint density at radius 3 is 1.12 bits per heavy atom. The molecule has 3 unspecified atom stereocenters. The van der Waals surface area contributed by atoms with Gasteiger partial charge < -0.3 is 24.6 Å². The van der Waals surface area contributed by atoms with Gasteiger partial charge in [-0.25, -0.2) is 4.57 Å². The maximum absolute atomic E-state index is 12.4. The van der Waals surface area contributed by atoms with Gasteiger partial charge in [0, 0.05) is 12.8 Å². The summed E-state index contributed by atoms with van der Waals surface area (Å²) in [5.74, 6) is -1.04. The third kappa shape index (κ3) is 40.7. The lowest BCUT2D eigenvalue weighted by Crippen LogP contribution is -2.28. The van der Waals surface area contributed by atoms with Gasteiger partial charge in [-0.1, -0.05) is 165 Å². The Kier molecular flexibility index (Phi) is 41.5. The van der Waals surface area contributed by atoms with E-state index in [4.69, 9.17) is 18.5 Å². The van der Waals surface area contributed by atoms with Crippen molar-refractivity contribution in [2.75, 3.05) is 26.4 Å². The van der Waals surface area contributed by atoms with Crippen molar-refractivity contribution in [3.8, 4) is 0 Å². The average Bonchev–Trinajstić information content (AvgIpc) is 3.21. The fraction of sp³-hybridized carbons (Fsp3) is 0.787. The lowest BCUT2D eigenvalue weighted by Gasteiger charge is -2.20. The standard InChI is InChI=1S/C47H85O10P/c1-3-5-7-9-11-13-15-17-19-20-21-22-23-24-25-27-29-31-33-35-37-39-47(51)57-45(41-49)43-55-58(52,53)54-42-44(40-48)56-46(50)38-36-34-32-30-28-26-18-16-14-12-10-8-6-4-2/h10,12,15-18,20-21,44-45,48-49H,3-9,11,13-14,19,22-43H2,1-2H3,(H,52,53)/b12-10-,17-15-,18-16-,21-20-. The van der Waals surface area contributed by atoms with Gasteiger partial charge >= 0.3 is 19.8 Å². The second-order valence-electron chi connectivity index (χ2n) is 15.4. The van der Waals surface area contributed by atoms with E-state index in [1.807, 2.05) is 0 Å². The highest BCUT2D eigenvalue weighted by Gasteiger charge is 2.27. The van der Waals surface area contributed by atoms with Crippen LogP contribution in [0.25, 0.3) is 0 Å². The fourth-order valence-electron chi connectivity index (χ4n) is 6.16. The van der Waals surface area contributed by atoms with Crippen LogP contribution in [-0.2, 0) is 32.7 Å². The number of aliphatic hydroxyl groups is 2. The molecule has 0 aliphatic carbocycles. The molecule has 0 heterocycles. The molecule has 3 atom stereocenters. The number of phosphoric ester groups is 1. The minimum absolute atomic E-state index is 0.175. The summed E-state index contributed by atoms with van der Waals surface area (Å²) in [6, 6.07) is 0. The summed E-state index contributed by atoms with van der Waals surface area (Å²) in [6.07, 6.45) is 46.5. The van der Waals surface area contributed by atoms with E-state index in [-0.39, 0.29) is 12.8 Å². The van der Waals surface area contributed by atoms with Crippen molar-refractivity contribution < 1.29 is 47.8 Å². The van der Waals surface area contributed by atoms with Gasteiger partial charge in [-0.15, -0.1) is 0 Å². The van der Waals surface area contributed by atoms with Gasteiger partial charge in [0.2, 0.25) is 0 Å². The first-order valence-electron chi connectivity index (χ1n) is 23.1. The van der Waals surface area contributed by atoms with E-state index in [0.29, 0.717) is 12.8 Å². The quantitative estimate of drug-likeness (QED) is 0.0234. The predicted molar refractivity (Wildman–Crippen MR) is 237 cm³/mol. The normalized spacial score (nSPS) is 14.2. The summed E-state index contributed by atoms with van der Waals surface area (Å²) in [5, 5.41) is 19.2.